The Morgan fingerprint density at radius 1 is 1.50 bits per heavy atom. The van der Waals surface area contributed by atoms with Crippen molar-refractivity contribution in [2.24, 2.45) is 0 Å². The van der Waals surface area contributed by atoms with Crippen LogP contribution < -0.4 is 5.73 Å². The number of hydrogen-bond acceptors (Lipinski definition) is 4. The Morgan fingerprint density at radius 3 is 3.00 bits per heavy atom. The van der Waals surface area contributed by atoms with Gasteiger partial charge in [-0.05, 0) is 32.0 Å². The number of hydrogen-bond donors (Lipinski definition) is 1. The molecule has 0 aromatic carbocycles. The number of nitrogens with zero attached hydrogens (tertiary/aromatic N) is 3. The van der Waals surface area contributed by atoms with Crippen LogP contribution in [0.15, 0.2) is 6.07 Å². The van der Waals surface area contributed by atoms with Gasteiger partial charge in [0.05, 0.1) is 16.8 Å². The first-order valence-corrected chi connectivity index (χ1v) is 6.12. The van der Waals surface area contributed by atoms with Gasteiger partial charge in [0.1, 0.15) is 0 Å². The van der Waals surface area contributed by atoms with Crippen molar-refractivity contribution in [3.8, 4) is 0 Å². The van der Waals surface area contributed by atoms with Crippen LogP contribution in [0.4, 0.5) is 5.82 Å². The molecule has 0 amide bonds. The number of rotatable bonds is 2. The molecule has 0 aliphatic carbocycles. The SMILES string of the molecule is CCN1CCCCC1c1cc(Cl)c(N)nn1. The van der Waals surface area contributed by atoms with Crippen LogP contribution >= 0.6 is 11.6 Å². The van der Waals surface area contributed by atoms with Crippen LogP contribution in [0.5, 0.6) is 0 Å². The minimum Gasteiger partial charge on any atom is -0.381 e. The van der Waals surface area contributed by atoms with E-state index in [1.165, 1.54) is 12.8 Å². The summed E-state index contributed by atoms with van der Waals surface area (Å²) in [5, 5.41) is 8.56. The van der Waals surface area contributed by atoms with Gasteiger partial charge in [0.25, 0.3) is 0 Å². The van der Waals surface area contributed by atoms with Crippen molar-refractivity contribution >= 4 is 17.4 Å². The van der Waals surface area contributed by atoms with Gasteiger partial charge in [0.2, 0.25) is 0 Å². The van der Waals surface area contributed by atoms with E-state index in [1.807, 2.05) is 6.07 Å². The molecule has 1 saturated heterocycles. The zero-order chi connectivity index (χ0) is 11.5. The number of halogens is 1. The second-order valence-electron chi connectivity index (χ2n) is 4.14. The van der Waals surface area contributed by atoms with Crippen LogP contribution in [-0.2, 0) is 0 Å². The summed E-state index contributed by atoms with van der Waals surface area (Å²) in [4.78, 5) is 2.42. The molecule has 88 valence electrons. The van der Waals surface area contributed by atoms with Crippen LogP contribution in [0.3, 0.4) is 0 Å². The standard InChI is InChI=1S/C11H17ClN4/c1-2-16-6-4-3-5-10(16)9-7-8(12)11(13)15-14-9/h7,10H,2-6H2,1H3,(H2,13,15). The number of nitrogens with two attached hydrogens (primary N) is 1. The second-order valence-corrected chi connectivity index (χ2v) is 4.55. The van der Waals surface area contributed by atoms with E-state index in [2.05, 4.69) is 22.0 Å². The fraction of sp³-hybridized carbons (Fsp3) is 0.636. The van der Waals surface area contributed by atoms with E-state index in [-0.39, 0.29) is 0 Å². The highest BCUT2D eigenvalue weighted by Gasteiger charge is 2.24. The predicted octanol–water partition coefficient (Wildman–Crippen LogP) is 2.26. The van der Waals surface area contributed by atoms with Crippen molar-refractivity contribution in [1.82, 2.24) is 15.1 Å². The lowest BCUT2D eigenvalue weighted by Crippen LogP contribution is -2.33. The summed E-state index contributed by atoms with van der Waals surface area (Å²) in [5.41, 5.74) is 6.51. The number of aromatic nitrogens is 2. The highest BCUT2D eigenvalue weighted by Crippen LogP contribution is 2.30. The van der Waals surface area contributed by atoms with E-state index >= 15 is 0 Å². The predicted molar refractivity (Wildman–Crippen MR) is 65.3 cm³/mol. The van der Waals surface area contributed by atoms with Crippen LogP contribution in [0.1, 0.15) is 37.9 Å². The Labute approximate surface area is 101 Å². The van der Waals surface area contributed by atoms with Gasteiger partial charge in [-0.25, -0.2) is 0 Å². The quantitative estimate of drug-likeness (QED) is 0.862. The molecule has 0 radical (unpaired) electrons. The monoisotopic (exact) mass is 240 g/mol. The van der Waals surface area contributed by atoms with Crippen molar-refractivity contribution in [2.75, 3.05) is 18.8 Å². The summed E-state index contributed by atoms with van der Waals surface area (Å²) in [6.45, 7) is 4.34. The Kier molecular flexibility index (Phi) is 3.61. The zero-order valence-electron chi connectivity index (χ0n) is 9.49. The minimum atomic E-state index is 0.310. The molecule has 0 spiro atoms. The largest absolute Gasteiger partial charge is 0.381 e. The third kappa shape index (κ3) is 2.28. The van der Waals surface area contributed by atoms with Crippen LogP contribution in [0.25, 0.3) is 0 Å². The Bertz CT molecular complexity index is 369. The minimum absolute atomic E-state index is 0.310. The maximum atomic E-state index is 5.98. The van der Waals surface area contributed by atoms with Crippen molar-refractivity contribution in [1.29, 1.82) is 0 Å². The topological polar surface area (TPSA) is 55.0 Å². The molecular weight excluding hydrogens is 224 g/mol. The molecular formula is C11H17ClN4. The Balaban J connectivity index is 2.23. The first kappa shape index (κ1) is 11.6. The number of anilines is 1. The zero-order valence-corrected chi connectivity index (χ0v) is 10.2. The van der Waals surface area contributed by atoms with Gasteiger partial charge in [-0.15, -0.1) is 5.10 Å². The lowest BCUT2D eigenvalue weighted by Gasteiger charge is -2.34. The summed E-state index contributed by atoms with van der Waals surface area (Å²) in [6.07, 6.45) is 3.63. The second kappa shape index (κ2) is 4.97. The summed E-state index contributed by atoms with van der Waals surface area (Å²) >= 11 is 5.98. The van der Waals surface area contributed by atoms with E-state index in [0.29, 0.717) is 16.9 Å². The van der Waals surface area contributed by atoms with E-state index in [9.17, 15) is 0 Å². The van der Waals surface area contributed by atoms with Crippen molar-refractivity contribution < 1.29 is 0 Å². The summed E-state index contributed by atoms with van der Waals surface area (Å²) in [7, 11) is 0. The van der Waals surface area contributed by atoms with Crippen LogP contribution in [0.2, 0.25) is 5.02 Å². The average Bonchev–Trinajstić information content (AvgIpc) is 2.32. The van der Waals surface area contributed by atoms with Gasteiger partial charge in [0.15, 0.2) is 5.82 Å². The van der Waals surface area contributed by atoms with Gasteiger partial charge in [-0.1, -0.05) is 24.9 Å². The summed E-state index contributed by atoms with van der Waals surface area (Å²) in [5.74, 6) is 0.310. The van der Waals surface area contributed by atoms with E-state index in [0.717, 1.165) is 25.2 Å². The molecule has 2 rings (SSSR count). The fourth-order valence-corrected chi connectivity index (χ4v) is 2.41. The smallest absolute Gasteiger partial charge is 0.164 e. The molecule has 0 saturated carbocycles. The summed E-state index contributed by atoms with van der Waals surface area (Å²) < 4.78 is 0. The van der Waals surface area contributed by atoms with Crippen LogP contribution in [-0.4, -0.2) is 28.2 Å². The highest BCUT2D eigenvalue weighted by atomic mass is 35.5. The lowest BCUT2D eigenvalue weighted by atomic mass is 9.99. The Morgan fingerprint density at radius 2 is 2.31 bits per heavy atom. The summed E-state index contributed by atoms with van der Waals surface area (Å²) in [6, 6.07) is 2.20. The molecule has 2 heterocycles. The molecule has 0 bridgehead atoms. The van der Waals surface area contributed by atoms with E-state index in [4.69, 9.17) is 17.3 Å². The maximum absolute atomic E-state index is 5.98. The van der Waals surface area contributed by atoms with Crippen molar-refractivity contribution in [3.05, 3.63) is 16.8 Å². The molecule has 16 heavy (non-hydrogen) atoms. The van der Waals surface area contributed by atoms with Gasteiger partial charge < -0.3 is 5.73 Å². The molecule has 1 aromatic heterocycles. The number of likely N-dealkylation sites (tertiary alicyclic amines) is 1. The third-order valence-electron chi connectivity index (χ3n) is 3.15. The molecule has 1 aliphatic heterocycles. The highest BCUT2D eigenvalue weighted by molar-refractivity contribution is 6.32. The normalized spacial score (nSPS) is 22.2. The number of piperidine rings is 1. The van der Waals surface area contributed by atoms with Crippen molar-refractivity contribution in [2.45, 2.75) is 32.2 Å². The third-order valence-corrected chi connectivity index (χ3v) is 3.46. The lowest BCUT2D eigenvalue weighted by molar-refractivity contribution is 0.153. The van der Waals surface area contributed by atoms with Gasteiger partial charge in [-0.3, -0.25) is 4.90 Å². The first-order valence-electron chi connectivity index (χ1n) is 5.75. The van der Waals surface area contributed by atoms with Gasteiger partial charge >= 0.3 is 0 Å². The molecule has 4 nitrogen and oxygen atoms in total. The molecule has 1 fully saturated rings. The fourth-order valence-electron chi connectivity index (χ4n) is 2.26. The molecule has 5 heteroatoms. The molecule has 1 atom stereocenters. The van der Waals surface area contributed by atoms with Crippen molar-refractivity contribution in [3.63, 3.8) is 0 Å². The van der Waals surface area contributed by atoms with Gasteiger partial charge in [-0.2, -0.15) is 5.10 Å². The van der Waals surface area contributed by atoms with Gasteiger partial charge in [0, 0.05) is 0 Å². The Hall–Kier alpha value is -0.870. The number of nitrogen functional groups attached to an aromatic ring is 1. The van der Waals surface area contributed by atoms with Crippen LogP contribution in [0, 0.1) is 0 Å². The van der Waals surface area contributed by atoms with E-state index < -0.39 is 0 Å². The maximum Gasteiger partial charge on any atom is 0.164 e. The molecule has 1 unspecified atom stereocenters. The van der Waals surface area contributed by atoms with E-state index in [1.54, 1.807) is 0 Å². The first-order chi connectivity index (χ1) is 7.72. The molecule has 1 aliphatic rings. The molecule has 2 N–H and O–H groups in total. The molecule has 1 aromatic rings. The average molecular weight is 241 g/mol.